The maximum absolute atomic E-state index is 11.7. The number of urea groups is 1. The van der Waals surface area contributed by atoms with Crippen LogP contribution in [0.2, 0.25) is 0 Å². The third kappa shape index (κ3) is 4.83. The van der Waals surface area contributed by atoms with E-state index < -0.39 is 18.4 Å². The van der Waals surface area contributed by atoms with Gasteiger partial charge in [0, 0.05) is 19.4 Å². The summed E-state index contributed by atoms with van der Waals surface area (Å²) >= 11 is 0. The molecule has 2 unspecified atom stereocenters. The molecule has 1 aliphatic rings. The van der Waals surface area contributed by atoms with E-state index in [9.17, 15) is 9.59 Å². The van der Waals surface area contributed by atoms with Crippen LogP contribution in [0.5, 0.6) is 5.75 Å². The minimum Gasteiger partial charge on any atom is -0.465 e. The van der Waals surface area contributed by atoms with Crippen molar-refractivity contribution in [1.29, 1.82) is 0 Å². The van der Waals surface area contributed by atoms with Gasteiger partial charge in [-0.25, -0.2) is 4.79 Å². The molecule has 2 aromatic rings. The molecule has 26 heavy (non-hydrogen) atoms. The van der Waals surface area contributed by atoms with E-state index in [1.54, 1.807) is 0 Å². The highest BCUT2D eigenvalue weighted by atomic mass is 16.7. The summed E-state index contributed by atoms with van der Waals surface area (Å²) in [4.78, 5) is 22.9. The Morgan fingerprint density at radius 3 is 2.50 bits per heavy atom. The molecule has 2 atom stereocenters. The summed E-state index contributed by atoms with van der Waals surface area (Å²) in [7, 11) is 0. The lowest BCUT2D eigenvalue weighted by Crippen LogP contribution is -2.31. The zero-order chi connectivity index (χ0) is 18.4. The van der Waals surface area contributed by atoms with Gasteiger partial charge in [0.05, 0.1) is 0 Å². The van der Waals surface area contributed by atoms with Gasteiger partial charge in [0.1, 0.15) is 11.8 Å². The Morgan fingerprint density at radius 2 is 1.81 bits per heavy atom. The van der Waals surface area contributed by atoms with Crippen LogP contribution in [0.15, 0.2) is 54.6 Å². The van der Waals surface area contributed by atoms with E-state index in [4.69, 9.17) is 9.47 Å². The van der Waals surface area contributed by atoms with Crippen LogP contribution >= 0.6 is 0 Å². The fourth-order valence-electron chi connectivity index (χ4n) is 2.86. The quantitative estimate of drug-likeness (QED) is 0.564. The second-order valence-electron chi connectivity index (χ2n) is 6.06. The SMILES string of the molecule is CCOC(Cc1ccccc1)Oc1cccc(CC2NC(=O)NC2=O)c1. The van der Waals surface area contributed by atoms with E-state index in [1.165, 1.54) is 0 Å². The molecule has 0 aromatic heterocycles. The molecule has 3 amide bonds. The van der Waals surface area contributed by atoms with Gasteiger partial charge in [-0.05, 0) is 30.2 Å². The van der Waals surface area contributed by atoms with Crippen molar-refractivity contribution in [2.75, 3.05) is 6.61 Å². The smallest absolute Gasteiger partial charge is 0.322 e. The van der Waals surface area contributed by atoms with Gasteiger partial charge in [-0.2, -0.15) is 0 Å². The maximum atomic E-state index is 11.7. The van der Waals surface area contributed by atoms with Crippen molar-refractivity contribution in [3.8, 4) is 5.75 Å². The Balaban J connectivity index is 1.66. The molecular weight excluding hydrogens is 332 g/mol. The molecule has 0 saturated carbocycles. The number of ether oxygens (including phenoxy) is 2. The average Bonchev–Trinajstić information content (AvgIpc) is 2.93. The molecule has 1 aliphatic heterocycles. The number of hydrogen-bond acceptors (Lipinski definition) is 4. The number of benzene rings is 2. The summed E-state index contributed by atoms with van der Waals surface area (Å²) < 4.78 is 11.7. The van der Waals surface area contributed by atoms with E-state index in [0.717, 1.165) is 11.1 Å². The van der Waals surface area contributed by atoms with Crippen molar-refractivity contribution in [3.63, 3.8) is 0 Å². The van der Waals surface area contributed by atoms with E-state index in [0.29, 0.717) is 25.2 Å². The minimum absolute atomic E-state index is 0.308. The Kier molecular flexibility index (Phi) is 5.86. The van der Waals surface area contributed by atoms with Crippen molar-refractivity contribution in [2.24, 2.45) is 0 Å². The maximum Gasteiger partial charge on any atom is 0.322 e. The zero-order valence-corrected chi connectivity index (χ0v) is 14.6. The molecular formula is C20H22N2O4. The van der Waals surface area contributed by atoms with Crippen LogP contribution in [-0.4, -0.2) is 30.9 Å². The molecule has 1 saturated heterocycles. The van der Waals surface area contributed by atoms with E-state index in [2.05, 4.69) is 10.6 Å². The number of amides is 3. The monoisotopic (exact) mass is 354 g/mol. The second kappa shape index (κ2) is 8.49. The Hall–Kier alpha value is -2.86. The molecule has 2 N–H and O–H groups in total. The van der Waals surface area contributed by atoms with Crippen LogP contribution in [0.25, 0.3) is 0 Å². The standard InChI is InChI=1S/C20H22N2O4/c1-2-25-18(13-14-7-4-3-5-8-14)26-16-10-6-9-15(11-16)12-17-19(23)22-20(24)21-17/h3-11,17-18H,2,12-13H2,1H3,(H2,21,22,23,24). The van der Waals surface area contributed by atoms with Crippen molar-refractivity contribution in [2.45, 2.75) is 32.1 Å². The van der Waals surface area contributed by atoms with E-state index in [1.807, 2.05) is 61.5 Å². The van der Waals surface area contributed by atoms with Gasteiger partial charge in [0.25, 0.3) is 5.91 Å². The number of nitrogens with one attached hydrogen (secondary N) is 2. The molecule has 0 radical (unpaired) electrons. The lowest BCUT2D eigenvalue weighted by Gasteiger charge is -2.19. The molecule has 0 aliphatic carbocycles. The summed E-state index contributed by atoms with van der Waals surface area (Å²) in [6, 6.07) is 16.5. The number of carbonyl (C=O) groups excluding carboxylic acids is 2. The Labute approximate surface area is 152 Å². The van der Waals surface area contributed by atoms with Crippen LogP contribution in [-0.2, 0) is 22.4 Å². The Bertz CT molecular complexity index is 763. The zero-order valence-electron chi connectivity index (χ0n) is 14.6. The predicted molar refractivity (Wildman–Crippen MR) is 96.8 cm³/mol. The van der Waals surface area contributed by atoms with E-state index >= 15 is 0 Å². The lowest BCUT2D eigenvalue weighted by molar-refractivity contribution is -0.120. The van der Waals surface area contributed by atoms with Crippen molar-refractivity contribution in [1.82, 2.24) is 10.6 Å². The van der Waals surface area contributed by atoms with Gasteiger partial charge in [-0.15, -0.1) is 0 Å². The molecule has 0 bridgehead atoms. The summed E-state index contributed by atoms with van der Waals surface area (Å²) in [5, 5.41) is 4.84. The first kappa shape index (κ1) is 17.9. The number of imide groups is 1. The van der Waals surface area contributed by atoms with Crippen LogP contribution in [0.1, 0.15) is 18.1 Å². The Morgan fingerprint density at radius 1 is 1.04 bits per heavy atom. The molecule has 136 valence electrons. The summed E-state index contributed by atoms with van der Waals surface area (Å²) in [5.41, 5.74) is 2.03. The summed E-state index contributed by atoms with van der Waals surface area (Å²) in [5.74, 6) is 0.360. The first-order valence-electron chi connectivity index (χ1n) is 8.66. The molecule has 6 heteroatoms. The number of hydrogen-bond donors (Lipinski definition) is 2. The average molecular weight is 354 g/mol. The lowest BCUT2D eigenvalue weighted by atomic mass is 10.1. The first-order valence-corrected chi connectivity index (χ1v) is 8.66. The van der Waals surface area contributed by atoms with Gasteiger partial charge in [0.2, 0.25) is 6.29 Å². The molecule has 3 rings (SSSR count). The molecule has 1 fully saturated rings. The number of carbonyl (C=O) groups is 2. The minimum atomic E-state index is -0.551. The highest BCUT2D eigenvalue weighted by Gasteiger charge is 2.29. The molecule has 1 heterocycles. The van der Waals surface area contributed by atoms with Gasteiger partial charge < -0.3 is 14.8 Å². The van der Waals surface area contributed by atoms with Crippen LogP contribution in [0.4, 0.5) is 4.79 Å². The van der Waals surface area contributed by atoms with Gasteiger partial charge in [-0.1, -0.05) is 42.5 Å². The van der Waals surface area contributed by atoms with Crippen LogP contribution in [0, 0.1) is 0 Å². The first-order chi connectivity index (χ1) is 12.6. The molecule has 6 nitrogen and oxygen atoms in total. The third-order valence-electron chi connectivity index (χ3n) is 4.06. The summed E-state index contributed by atoms with van der Waals surface area (Å²) in [6.07, 6.45) is 0.652. The molecule has 0 spiro atoms. The fraction of sp³-hybridized carbons (Fsp3) is 0.300. The molecule has 2 aromatic carbocycles. The largest absolute Gasteiger partial charge is 0.465 e. The topological polar surface area (TPSA) is 76.7 Å². The van der Waals surface area contributed by atoms with Crippen LogP contribution in [0.3, 0.4) is 0 Å². The van der Waals surface area contributed by atoms with Gasteiger partial charge in [-0.3, -0.25) is 10.1 Å². The van der Waals surface area contributed by atoms with Crippen molar-refractivity contribution in [3.05, 3.63) is 65.7 Å². The number of rotatable bonds is 8. The van der Waals surface area contributed by atoms with Crippen LogP contribution < -0.4 is 15.4 Å². The predicted octanol–water partition coefficient (Wildman–Crippen LogP) is 2.42. The normalized spacial score (nSPS) is 17.5. The third-order valence-corrected chi connectivity index (χ3v) is 4.06. The van der Waals surface area contributed by atoms with E-state index in [-0.39, 0.29) is 5.91 Å². The highest BCUT2D eigenvalue weighted by molar-refractivity contribution is 6.04. The summed E-state index contributed by atoms with van der Waals surface area (Å²) in [6.45, 7) is 2.48. The second-order valence-corrected chi connectivity index (χ2v) is 6.06. The highest BCUT2D eigenvalue weighted by Crippen LogP contribution is 2.19. The van der Waals surface area contributed by atoms with Crippen molar-refractivity contribution >= 4 is 11.9 Å². The van der Waals surface area contributed by atoms with Gasteiger partial charge in [0.15, 0.2) is 0 Å². The van der Waals surface area contributed by atoms with Crippen molar-refractivity contribution < 1.29 is 19.1 Å². The fourth-order valence-corrected chi connectivity index (χ4v) is 2.86. The van der Waals surface area contributed by atoms with Gasteiger partial charge >= 0.3 is 6.03 Å².